The number of carbonyl (C=O) groups is 1. The third kappa shape index (κ3) is 4.12. The molecule has 0 atom stereocenters. The van der Waals surface area contributed by atoms with Gasteiger partial charge < -0.3 is 10.2 Å². The molecule has 1 N–H and O–H groups in total. The van der Waals surface area contributed by atoms with Crippen LogP contribution in [0.15, 0.2) is 54.9 Å². The minimum absolute atomic E-state index is 0.0681. The number of hydrogen-bond donors (Lipinski definition) is 1. The molecule has 2 aromatic carbocycles. The number of carbonyl (C=O) groups excluding carboxylic acids is 1. The Morgan fingerprint density at radius 2 is 1.75 bits per heavy atom. The molecule has 1 saturated heterocycles. The predicted octanol–water partition coefficient (Wildman–Crippen LogP) is 3.09. The summed E-state index contributed by atoms with van der Waals surface area (Å²) in [6.45, 7) is 6.44. The third-order valence-electron chi connectivity index (χ3n) is 5.27. The zero-order valence-corrected chi connectivity index (χ0v) is 16.1. The summed E-state index contributed by atoms with van der Waals surface area (Å²) in [5.74, 6) is 1.07. The highest BCUT2D eigenvalue weighted by Gasteiger charge is 2.20. The zero-order chi connectivity index (χ0) is 19.3. The van der Waals surface area contributed by atoms with Crippen LogP contribution in [0.25, 0.3) is 10.9 Å². The van der Waals surface area contributed by atoms with Crippen LogP contribution in [0.2, 0.25) is 0 Å². The summed E-state index contributed by atoms with van der Waals surface area (Å²) in [6.07, 6.45) is 2.14. The first-order valence-electron chi connectivity index (χ1n) is 9.73. The quantitative estimate of drug-likeness (QED) is 0.743. The maximum absolute atomic E-state index is 12.3. The molecule has 1 aliphatic heterocycles. The molecule has 0 unspecified atom stereocenters. The lowest BCUT2D eigenvalue weighted by molar-refractivity contribution is -0.116. The van der Waals surface area contributed by atoms with E-state index in [-0.39, 0.29) is 5.91 Å². The Kier molecular flexibility index (Phi) is 5.48. The van der Waals surface area contributed by atoms with Gasteiger partial charge in [0, 0.05) is 50.2 Å². The molecule has 0 spiro atoms. The van der Waals surface area contributed by atoms with E-state index in [4.69, 9.17) is 0 Å². The van der Waals surface area contributed by atoms with Crippen LogP contribution in [0, 0.1) is 6.92 Å². The lowest BCUT2D eigenvalue weighted by atomic mass is 10.2. The molecule has 1 fully saturated rings. The molecule has 1 aliphatic rings. The van der Waals surface area contributed by atoms with Gasteiger partial charge in [-0.05, 0) is 30.7 Å². The van der Waals surface area contributed by atoms with E-state index in [0.29, 0.717) is 6.42 Å². The molecular formula is C22H25N5O. The van der Waals surface area contributed by atoms with Crippen molar-refractivity contribution in [2.75, 3.05) is 42.9 Å². The SMILES string of the molecule is Cc1ccccc1NC(=O)CCN1CCN(c2ncnc3ccccc23)CC1. The average molecular weight is 375 g/mol. The van der Waals surface area contributed by atoms with Crippen molar-refractivity contribution in [2.45, 2.75) is 13.3 Å². The van der Waals surface area contributed by atoms with E-state index < -0.39 is 0 Å². The number of piperazine rings is 1. The number of fused-ring (bicyclic) bond motifs is 1. The van der Waals surface area contributed by atoms with Crippen LogP contribution in [0.5, 0.6) is 0 Å². The summed E-state index contributed by atoms with van der Waals surface area (Å²) in [7, 11) is 0. The highest BCUT2D eigenvalue weighted by atomic mass is 16.1. The molecule has 1 amide bonds. The smallest absolute Gasteiger partial charge is 0.225 e. The minimum atomic E-state index is 0.0681. The number of hydrogen-bond acceptors (Lipinski definition) is 5. The van der Waals surface area contributed by atoms with Crippen molar-refractivity contribution >= 4 is 28.3 Å². The summed E-state index contributed by atoms with van der Waals surface area (Å²) < 4.78 is 0. The van der Waals surface area contributed by atoms with Crippen molar-refractivity contribution in [3.05, 3.63) is 60.4 Å². The molecule has 0 radical (unpaired) electrons. The van der Waals surface area contributed by atoms with Crippen LogP contribution in [0.3, 0.4) is 0 Å². The molecule has 4 rings (SSSR count). The summed E-state index contributed by atoms with van der Waals surface area (Å²) in [5.41, 5.74) is 2.96. The number of rotatable bonds is 5. The molecule has 0 bridgehead atoms. The van der Waals surface area contributed by atoms with Crippen molar-refractivity contribution in [3.63, 3.8) is 0 Å². The van der Waals surface area contributed by atoms with Crippen molar-refractivity contribution in [2.24, 2.45) is 0 Å². The van der Waals surface area contributed by atoms with Crippen molar-refractivity contribution in [1.29, 1.82) is 0 Å². The molecule has 0 aliphatic carbocycles. The number of benzene rings is 2. The van der Waals surface area contributed by atoms with Crippen LogP contribution < -0.4 is 10.2 Å². The van der Waals surface area contributed by atoms with Gasteiger partial charge in [0.25, 0.3) is 0 Å². The van der Waals surface area contributed by atoms with Gasteiger partial charge >= 0.3 is 0 Å². The summed E-state index contributed by atoms with van der Waals surface area (Å²) in [5, 5.41) is 4.11. The van der Waals surface area contributed by atoms with Crippen LogP contribution in [-0.2, 0) is 4.79 Å². The van der Waals surface area contributed by atoms with Gasteiger partial charge in [-0.25, -0.2) is 9.97 Å². The molecule has 144 valence electrons. The fraction of sp³-hybridized carbons (Fsp3) is 0.318. The number of nitrogens with one attached hydrogen (secondary N) is 1. The molecule has 1 aromatic heterocycles. The number of aryl methyl sites for hydroxylation is 1. The molecule has 2 heterocycles. The molecule has 3 aromatic rings. The largest absolute Gasteiger partial charge is 0.353 e. The van der Waals surface area contributed by atoms with Gasteiger partial charge in [0.15, 0.2) is 0 Å². The van der Waals surface area contributed by atoms with Gasteiger partial charge in [0.1, 0.15) is 12.1 Å². The van der Waals surface area contributed by atoms with Crippen LogP contribution >= 0.6 is 0 Å². The van der Waals surface area contributed by atoms with E-state index in [9.17, 15) is 4.79 Å². The van der Waals surface area contributed by atoms with Crippen LogP contribution in [-0.4, -0.2) is 53.5 Å². The third-order valence-corrected chi connectivity index (χ3v) is 5.27. The van der Waals surface area contributed by atoms with Gasteiger partial charge in [-0.15, -0.1) is 0 Å². The Labute approximate surface area is 165 Å². The summed E-state index contributed by atoms with van der Waals surface area (Å²) >= 11 is 0. The fourth-order valence-electron chi connectivity index (χ4n) is 3.61. The lowest BCUT2D eigenvalue weighted by Gasteiger charge is -2.35. The molecule has 28 heavy (non-hydrogen) atoms. The maximum atomic E-state index is 12.3. The van der Waals surface area contributed by atoms with Gasteiger partial charge in [0.2, 0.25) is 5.91 Å². The maximum Gasteiger partial charge on any atom is 0.225 e. The second-order valence-corrected chi connectivity index (χ2v) is 7.16. The molecule has 6 heteroatoms. The van der Waals surface area contributed by atoms with E-state index in [1.807, 2.05) is 49.4 Å². The number of para-hydroxylation sites is 2. The van der Waals surface area contributed by atoms with Gasteiger partial charge in [-0.2, -0.15) is 0 Å². The van der Waals surface area contributed by atoms with Crippen LogP contribution in [0.4, 0.5) is 11.5 Å². The van der Waals surface area contributed by atoms with Crippen molar-refractivity contribution < 1.29 is 4.79 Å². The minimum Gasteiger partial charge on any atom is -0.353 e. The lowest BCUT2D eigenvalue weighted by Crippen LogP contribution is -2.47. The van der Waals surface area contributed by atoms with E-state index in [2.05, 4.69) is 31.2 Å². The van der Waals surface area contributed by atoms with E-state index in [1.54, 1.807) is 6.33 Å². The topological polar surface area (TPSA) is 61.4 Å². The molecule has 0 saturated carbocycles. The number of nitrogens with zero attached hydrogens (tertiary/aromatic N) is 4. The van der Waals surface area contributed by atoms with Crippen molar-refractivity contribution in [3.8, 4) is 0 Å². The standard InChI is InChI=1S/C22H25N5O/c1-17-6-2-4-8-19(17)25-21(28)10-11-26-12-14-27(15-13-26)22-18-7-3-5-9-20(18)23-16-24-22/h2-9,16H,10-15H2,1H3,(H,25,28). The first kappa shape index (κ1) is 18.4. The van der Waals surface area contributed by atoms with Crippen molar-refractivity contribution in [1.82, 2.24) is 14.9 Å². The average Bonchev–Trinajstić information content (AvgIpc) is 2.74. The first-order chi connectivity index (χ1) is 13.7. The Morgan fingerprint density at radius 1 is 1.00 bits per heavy atom. The second-order valence-electron chi connectivity index (χ2n) is 7.16. The first-order valence-corrected chi connectivity index (χ1v) is 9.73. The number of aromatic nitrogens is 2. The van der Waals surface area contributed by atoms with Gasteiger partial charge in [0.05, 0.1) is 5.52 Å². The Balaban J connectivity index is 1.30. The normalized spacial score (nSPS) is 15.0. The zero-order valence-electron chi connectivity index (χ0n) is 16.1. The highest BCUT2D eigenvalue weighted by molar-refractivity contribution is 5.91. The Morgan fingerprint density at radius 3 is 2.57 bits per heavy atom. The predicted molar refractivity (Wildman–Crippen MR) is 113 cm³/mol. The second kappa shape index (κ2) is 8.35. The molecule has 6 nitrogen and oxygen atoms in total. The van der Waals surface area contributed by atoms with E-state index in [1.165, 1.54) is 0 Å². The number of anilines is 2. The van der Waals surface area contributed by atoms with Gasteiger partial charge in [-0.3, -0.25) is 9.69 Å². The van der Waals surface area contributed by atoms with Crippen LogP contribution in [0.1, 0.15) is 12.0 Å². The van der Waals surface area contributed by atoms with E-state index >= 15 is 0 Å². The summed E-state index contributed by atoms with van der Waals surface area (Å²) in [4.78, 5) is 25.8. The Bertz CT molecular complexity index is 961. The molecular weight excluding hydrogens is 350 g/mol. The monoisotopic (exact) mass is 375 g/mol. The summed E-state index contributed by atoms with van der Waals surface area (Å²) in [6, 6.07) is 16.0. The number of amides is 1. The highest BCUT2D eigenvalue weighted by Crippen LogP contribution is 2.23. The van der Waals surface area contributed by atoms with Gasteiger partial charge in [-0.1, -0.05) is 30.3 Å². The Hall–Kier alpha value is -2.99. The van der Waals surface area contributed by atoms with E-state index in [0.717, 1.165) is 60.7 Å². The fourth-order valence-corrected chi connectivity index (χ4v) is 3.61.